The SMILES string of the molecule is [C-]#[N+]c1cccc(-n2nnn(C(=O)N(CC)C3CCCCC3)c2=O)c1. The van der Waals surface area contributed by atoms with Crippen molar-refractivity contribution < 1.29 is 4.79 Å². The van der Waals surface area contributed by atoms with E-state index in [1.54, 1.807) is 23.1 Å². The molecule has 1 amide bonds. The Morgan fingerprint density at radius 2 is 2.08 bits per heavy atom. The van der Waals surface area contributed by atoms with Crippen molar-refractivity contribution in [2.24, 2.45) is 0 Å². The number of carbonyl (C=O) groups is 1. The molecular formula is C17H20N6O2. The van der Waals surface area contributed by atoms with Crippen molar-refractivity contribution in [3.8, 4) is 5.69 Å². The van der Waals surface area contributed by atoms with Crippen LogP contribution < -0.4 is 5.69 Å². The van der Waals surface area contributed by atoms with Gasteiger partial charge < -0.3 is 4.90 Å². The maximum absolute atomic E-state index is 12.8. The fourth-order valence-corrected chi connectivity index (χ4v) is 3.29. The zero-order valence-electron chi connectivity index (χ0n) is 14.1. The van der Waals surface area contributed by atoms with Crippen molar-refractivity contribution in [2.75, 3.05) is 6.54 Å². The first-order valence-electron chi connectivity index (χ1n) is 8.49. The van der Waals surface area contributed by atoms with E-state index in [1.807, 2.05) is 6.92 Å². The van der Waals surface area contributed by atoms with Crippen molar-refractivity contribution in [1.82, 2.24) is 24.7 Å². The minimum atomic E-state index is -0.624. The van der Waals surface area contributed by atoms with E-state index >= 15 is 0 Å². The summed E-state index contributed by atoms with van der Waals surface area (Å²) in [5, 5.41) is 7.57. The van der Waals surface area contributed by atoms with Gasteiger partial charge in [0.25, 0.3) is 0 Å². The van der Waals surface area contributed by atoms with Gasteiger partial charge in [0.1, 0.15) is 0 Å². The van der Waals surface area contributed by atoms with Crippen LogP contribution in [0.25, 0.3) is 10.5 Å². The van der Waals surface area contributed by atoms with E-state index in [2.05, 4.69) is 15.3 Å². The van der Waals surface area contributed by atoms with E-state index in [-0.39, 0.29) is 6.04 Å². The van der Waals surface area contributed by atoms with E-state index in [0.717, 1.165) is 35.0 Å². The molecule has 1 saturated carbocycles. The van der Waals surface area contributed by atoms with Crippen LogP contribution in [0.4, 0.5) is 10.5 Å². The number of hydrogen-bond donors (Lipinski definition) is 0. The van der Waals surface area contributed by atoms with E-state index < -0.39 is 11.7 Å². The van der Waals surface area contributed by atoms with Crippen LogP contribution in [0, 0.1) is 6.57 Å². The van der Waals surface area contributed by atoms with Crippen LogP contribution in [0.1, 0.15) is 39.0 Å². The molecule has 25 heavy (non-hydrogen) atoms. The van der Waals surface area contributed by atoms with Crippen LogP contribution in [-0.2, 0) is 0 Å². The Hall–Kier alpha value is -2.95. The highest BCUT2D eigenvalue weighted by Crippen LogP contribution is 2.22. The van der Waals surface area contributed by atoms with Gasteiger partial charge in [-0.25, -0.2) is 14.4 Å². The molecule has 0 N–H and O–H groups in total. The minimum absolute atomic E-state index is 0.147. The van der Waals surface area contributed by atoms with Gasteiger partial charge in [0.05, 0.1) is 12.3 Å². The molecule has 2 aromatic rings. The summed E-state index contributed by atoms with van der Waals surface area (Å²) in [7, 11) is 0. The average Bonchev–Trinajstić information content (AvgIpc) is 3.04. The number of tetrazole rings is 1. The first kappa shape index (κ1) is 16.9. The molecule has 8 heteroatoms. The zero-order valence-corrected chi connectivity index (χ0v) is 14.1. The standard InChI is InChI=1S/C17H20N6O2/c1-3-21(14-9-5-4-6-10-14)16(24)23-17(25)22(19-20-23)15-11-7-8-13(12-15)18-2/h7-8,11-12,14H,3-6,9-10H2,1H3. The molecule has 1 aliphatic carbocycles. The Bertz CT molecular complexity index is 857. The molecule has 1 aromatic carbocycles. The molecule has 0 radical (unpaired) electrons. The largest absolute Gasteiger partial charge is 0.377 e. The molecule has 8 nitrogen and oxygen atoms in total. The van der Waals surface area contributed by atoms with E-state index in [0.29, 0.717) is 17.9 Å². The first-order chi connectivity index (χ1) is 12.2. The Morgan fingerprint density at radius 3 is 2.76 bits per heavy atom. The second-order valence-electron chi connectivity index (χ2n) is 6.08. The smallest absolute Gasteiger partial charge is 0.320 e. The van der Waals surface area contributed by atoms with Gasteiger partial charge in [0.2, 0.25) is 0 Å². The Morgan fingerprint density at radius 1 is 1.32 bits per heavy atom. The lowest BCUT2D eigenvalue weighted by Gasteiger charge is -2.32. The van der Waals surface area contributed by atoms with Crippen LogP contribution in [0.2, 0.25) is 0 Å². The van der Waals surface area contributed by atoms with Gasteiger partial charge in [-0.05, 0) is 42.3 Å². The van der Waals surface area contributed by atoms with E-state index in [1.165, 1.54) is 12.5 Å². The molecule has 1 aromatic heterocycles. The summed E-state index contributed by atoms with van der Waals surface area (Å²) in [5.41, 5.74) is 0.183. The topological polar surface area (TPSA) is 77.4 Å². The van der Waals surface area contributed by atoms with Gasteiger partial charge in [-0.1, -0.05) is 31.4 Å². The third kappa shape index (κ3) is 3.31. The molecular weight excluding hydrogens is 320 g/mol. The van der Waals surface area contributed by atoms with Gasteiger partial charge in [0.15, 0.2) is 5.69 Å². The van der Waals surface area contributed by atoms with Crippen LogP contribution in [0.3, 0.4) is 0 Å². The molecule has 0 atom stereocenters. The summed E-state index contributed by atoms with van der Waals surface area (Å²) in [4.78, 5) is 30.4. The predicted molar refractivity (Wildman–Crippen MR) is 91.9 cm³/mol. The van der Waals surface area contributed by atoms with Gasteiger partial charge >= 0.3 is 11.7 Å². The zero-order chi connectivity index (χ0) is 17.8. The summed E-state index contributed by atoms with van der Waals surface area (Å²) in [6.45, 7) is 9.49. The second-order valence-corrected chi connectivity index (χ2v) is 6.08. The molecule has 3 rings (SSSR count). The Balaban J connectivity index is 1.90. The summed E-state index contributed by atoms with van der Waals surface area (Å²) < 4.78 is 1.85. The Labute approximate surface area is 145 Å². The highest BCUT2D eigenvalue weighted by Gasteiger charge is 2.27. The number of amides is 1. The molecule has 0 bridgehead atoms. The molecule has 0 unspecified atom stereocenters. The molecule has 0 aliphatic heterocycles. The third-order valence-corrected chi connectivity index (χ3v) is 4.57. The Kier molecular flexibility index (Phi) is 4.93. The third-order valence-electron chi connectivity index (χ3n) is 4.57. The van der Waals surface area contributed by atoms with Crippen molar-refractivity contribution in [3.05, 3.63) is 46.2 Å². The number of carbonyl (C=O) groups excluding carboxylic acids is 1. The van der Waals surface area contributed by atoms with Crippen molar-refractivity contribution >= 4 is 11.7 Å². The molecule has 130 valence electrons. The fourth-order valence-electron chi connectivity index (χ4n) is 3.29. The maximum Gasteiger partial charge on any atom is 0.377 e. The summed E-state index contributed by atoms with van der Waals surface area (Å²) in [5.74, 6) is 0. The number of benzene rings is 1. The molecule has 0 saturated heterocycles. The lowest BCUT2D eigenvalue weighted by molar-refractivity contribution is 0.157. The summed E-state index contributed by atoms with van der Waals surface area (Å²) in [6.07, 6.45) is 5.29. The minimum Gasteiger partial charge on any atom is -0.320 e. The van der Waals surface area contributed by atoms with E-state index in [9.17, 15) is 9.59 Å². The van der Waals surface area contributed by atoms with Gasteiger partial charge in [-0.2, -0.15) is 4.68 Å². The number of nitrogens with zero attached hydrogens (tertiary/aromatic N) is 6. The first-order valence-corrected chi connectivity index (χ1v) is 8.49. The molecule has 1 heterocycles. The molecule has 0 spiro atoms. The highest BCUT2D eigenvalue weighted by atomic mass is 16.2. The number of rotatable bonds is 3. The van der Waals surface area contributed by atoms with Crippen LogP contribution >= 0.6 is 0 Å². The van der Waals surface area contributed by atoms with Gasteiger partial charge in [-0.15, -0.1) is 4.68 Å². The molecule has 1 fully saturated rings. The molecule has 1 aliphatic rings. The average molecular weight is 340 g/mol. The predicted octanol–water partition coefficient (Wildman–Crippen LogP) is 2.60. The second kappa shape index (κ2) is 7.30. The van der Waals surface area contributed by atoms with Crippen molar-refractivity contribution in [1.29, 1.82) is 0 Å². The highest BCUT2D eigenvalue weighted by molar-refractivity contribution is 5.76. The van der Waals surface area contributed by atoms with Gasteiger partial charge in [0, 0.05) is 12.6 Å². The van der Waals surface area contributed by atoms with E-state index in [4.69, 9.17) is 6.57 Å². The van der Waals surface area contributed by atoms with Crippen LogP contribution in [-0.4, -0.2) is 43.3 Å². The normalized spacial score (nSPS) is 14.9. The number of hydrogen-bond acceptors (Lipinski definition) is 4. The van der Waals surface area contributed by atoms with Crippen molar-refractivity contribution in [2.45, 2.75) is 45.1 Å². The monoisotopic (exact) mass is 340 g/mol. The summed E-state index contributed by atoms with van der Waals surface area (Å²) >= 11 is 0. The summed E-state index contributed by atoms with van der Waals surface area (Å²) in [6, 6.07) is 6.20. The lowest BCUT2D eigenvalue weighted by Crippen LogP contribution is -2.46. The maximum atomic E-state index is 12.8. The van der Waals surface area contributed by atoms with Crippen LogP contribution in [0.15, 0.2) is 29.1 Å². The number of aromatic nitrogens is 4. The van der Waals surface area contributed by atoms with Gasteiger partial charge in [-0.3, -0.25) is 0 Å². The fraction of sp³-hybridized carbons (Fsp3) is 0.471. The lowest BCUT2D eigenvalue weighted by atomic mass is 9.94. The van der Waals surface area contributed by atoms with Crippen LogP contribution in [0.5, 0.6) is 0 Å². The quantitative estimate of drug-likeness (QED) is 0.635. The van der Waals surface area contributed by atoms with Crippen molar-refractivity contribution in [3.63, 3.8) is 0 Å².